The molecule has 1 saturated heterocycles. The summed E-state index contributed by atoms with van der Waals surface area (Å²) < 4.78 is 13.0. The minimum Gasteiger partial charge on any atom is -0.478 e. The number of carboxylic acids is 1. The highest BCUT2D eigenvalue weighted by Gasteiger charge is 2.21. The van der Waals surface area contributed by atoms with Crippen LogP contribution in [-0.2, 0) is 4.79 Å². The average molecular weight is 295 g/mol. The van der Waals surface area contributed by atoms with Gasteiger partial charge in [-0.2, -0.15) is 0 Å². The van der Waals surface area contributed by atoms with Gasteiger partial charge in [0.05, 0.1) is 11.3 Å². The molecule has 0 radical (unpaired) electrons. The fourth-order valence-electron chi connectivity index (χ4n) is 2.02. The molecule has 21 heavy (non-hydrogen) atoms. The first-order valence-corrected chi connectivity index (χ1v) is 6.33. The van der Waals surface area contributed by atoms with Gasteiger partial charge in [-0.15, -0.1) is 0 Å². The largest absolute Gasteiger partial charge is 0.478 e. The van der Waals surface area contributed by atoms with Crippen LogP contribution in [0, 0.1) is 5.82 Å². The van der Waals surface area contributed by atoms with Gasteiger partial charge in [-0.05, 0) is 24.6 Å². The maximum absolute atomic E-state index is 13.0. The second-order valence-electron chi connectivity index (χ2n) is 4.63. The molecule has 0 aliphatic carbocycles. The van der Waals surface area contributed by atoms with Gasteiger partial charge in [0.2, 0.25) is 5.91 Å². The number of hydrogen-bond acceptors (Lipinski definition) is 3. The van der Waals surface area contributed by atoms with E-state index >= 15 is 0 Å². The molecule has 1 fully saturated rings. The number of anilines is 1. The van der Waals surface area contributed by atoms with Crippen molar-refractivity contribution in [1.82, 2.24) is 10.6 Å². The minimum atomic E-state index is -1.34. The van der Waals surface area contributed by atoms with Crippen molar-refractivity contribution in [2.75, 3.05) is 11.9 Å². The van der Waals surface area contributed by atoms with Gasteiger partial charge in [0.25, 0.3) is 0 Å². The molecule has 8 heteroatoms. The van der Waals surface area contributed by atoms with Crippen LogP contribution in [0.4, 0.5) is 14.9 Å². The predicted molar refractivity (Wildman–Crippen MR) is 71.5 cm³/mol. The van der Waals surface area contributed by atoms with Gasteiger partial charge in [0.15, 0.2) is 0 Å². The summed E-state index contributed by atoms with van der Waals surface area (Å²) in [6.45, 7) is 0.237. The van der Waals surface area contributed by atoms with E-state index < -0.39 is 17.8 Å². The van der Waals surface area contributed by atoms with Crippen LogP contribution in [0.3, 0.4) is 0 Å². The lowest BCUT2D eigenvalue weighted by atomic mass is 10.1. The van der Waals surface area contributed by atoms with Crippen LogP contribution in [0.15, 0.2) is 18.2 Å². The minimum absolute atomic E-state index is 0.00291. The van der Waals surface area contributed by atoms with E-state index in [0.717, 1.165) is 12.1 Å². The van der Waals surface area contributed by atoms with Crippen molar-refractivity contribution in [2.45, 2.75) is 18.9 Å². The van der Waals surface area contributed by atoms with Crippen molar-refractivity contribution >= 4 is 23.6 Å². The summed E-state index contributed by atoms with van der Waals surface area (Å²) in [7, 11) is 0. The molecule has 3 amide bonds. The standard InChI is InChI=1S/C13H14FN3O4/c14-7-1-3-10(9(5-7)12(19)20)17-13(21)15-6-8-2-4-11(18)16-8/h1,3,5,8H,2,4,6H2,(H,16,18)(H,19,20)(H2,15,17,21). The number of aromatic carboxylic acids is 1. The van der Waals surface area contributed by atoms with E-state index in [1.165, 1.54) is 6.07 Å². The van der Waals surface area contributed by atoms with Crippen LogP contribution in [0.2, 0.25) is 0 Å². The van der Waals surface area contributed by atoms with E-state index in [0.29, 0.717) is 12.8 Å². The fraction of sp³-hybridized carbons (Fsp3) is 0.308. The van der Waals surface area contributed by atoms with E-state index in [9.17, 15) is 18.8 Å². The zero-order valence-corrected chi connectivity index (χ0v) is 11.0. The number of carbonyl (C=O) groups excluding carboxylic acids is 2. The Kier molecular flexibility index (Phi) is 4.36. The summed E-state index contributed by atoms with van der Waals surface area (Å²) in [5, 5.41) is 16.5. The highest BCUT2D eigenvalue weighted by Crippen LogP contribution is 2.17. The molecule has 1 aliphatic heterocycles. The van der Waals surface area contributed by atoms with Crippen molar-refractivity contribution in [3.63, 3.8) is 0 Å². The Balaban J connectivity index is 1.93. The Bertz CT molecular complexity index is 591. The van der Waals surface area contributed by atoms with Crippen molar-refractivity contribution in [3.05, 3.63) is 29.6 Å². The van der Waals surface area contributed by atoms with Gasteiger partial charge in [-0.1, -0.05) is 0 Å². The van der Waals surface area contributed by atoms with Gasteiger partial charge < -0.3 is 21.1 Å². The predicted octanol–water partition coefficient (Wildman–Crippen LogP) is 0.924. The fourth-order valence-corrected chi connectivity index (χ4v) is 2.02. The third kappa shape index (κ3) is 3.91. The summed E-state index contributed by atoms with van der Waals surface area (Å²) in [5.41, 5.74) is -0.337. The first kappa shape index (κ1) is 14.8. The smallest absolute Gasteiger partial charge is 0.337 e. The molecule has 1 aliphatic rings. The van der Waals surface area contributed by atoms with Crippen molar-refractivity contribution in [3.8, 4) is 0 Å². The monoisotopic (exact) mass is 295 g/mol. The van der Waals surface area contributed by atoms with Crippen molar-refractivity contribution in [1.29, 1.82) is 0 Å². The molecule has 2 rings (SSSR count). The van der Waals surface area contributed by atoms with E-state index in [2.05, 4.69) is 16.0 Å². The molecule has 1 unspecified atom stereocenters. The summed E-state index contributed by atoms with van der Waals surface area (Å²) in [5.74, 6) is -2.10. The van der Waals surface area contributed by atoms with Crippen molar-refractivity contribution in [2.24, 2.45) is 0 Å². The average Bonchev–Trinajstić information content (AvgIpc) is 2.84. The first-order chi connectivity index (χ1) is 9.95. The van der Waals surface area contributed by atoms with Gasteiger partial charge in [0, 0.05) is 19.0 Å². The number of halogens is 1. The Hall–Kier alpha value is -2.64. The molecule has 1 heterocycles. The number of hydrogen-bond donors (Lipinski definition) is 4. The second-order valence-corrected chi connectivity index (χ2v) is 4.63. The van der Waals surface area contributed by atoms with Crippen LogP contribution in [0.5, 0.6) is 0 Å². The third-order valence-electron chi connectivity index (χ3n) is 3.05. The topological polar surface area (TPSA) is 108 Å². The van der Waals surface area contributed by atoms with Crippen LogP contribution < -0.4 is 16.0 Å². The number of nitrogens with one attached hydrogen (secondary N) is 3. The van der Waals surface area contributed by atoms with Crippen molar-refractivity contribution < 1.29 is 23.9 Å². The maximum Gasteiger partial charge on any atom is 0.337 e. The number of carboxylic acid groups (broad SMARTS) is 1. The number of rotatable bonds is 4. The summed E-state index contributed by atoms with van der Waals surface area (Å²) in [4.78, 5) is 33.7. The maximum atomic E-state index is 13.0. The second kappa shape index (κ2) is 6.21. The highest BCUT2D eigenvalue weighted by atomic mass is 19.1. The molecule has 112 valence electrons. The Morgan fingerprint density at radius 3 is 2.81 bits per heavy atom. The first-order valence-electron chi connectivity index (χ1n) is 6.33. The Morgan fingerprint density at radius 1 is 1.43 bits per heavy atom. The number of urea groups is 1. The van der Waals surface area contributed by atoms with Crippen LogP contribution in [0.25, 0.3) is 0 Å². The van der Waals surface area contributed by atoms with Crippen LogP contribution in [0.1, 0.15) is 23.2 Å². The number of amides is 3. The molecular formula is C13H14FN3O4. The zero-order valence-electron chi connectivity index (χ0n) is 11.0. The molecule has 0 saturated carbocycles. The Labute approximate surface area is 119 Å². The molecule has 4 N–H and O–H groups in total. The zero-order chi connectivity index (χ0) is 15.4. The van der Waals surface area contributed by atoms with E-state index in [1.54, 1.807) is 0 Å². The normalized spacial score (nSPS) is 17.2. The quantitative estimate of drug-likeness (QED) is 0.662. The molecule has 0 bridgehead atoms. The SMILES string of the molecule is O=C1CCC(CNC(=O)Nc2ccc(F)cc2C(=O)O)N1. The Morgan fingerprint density at radius 2 is 2.19 bits per heavy atom. The lowest BCUT2D eigenvalue weighted by Crippen LogP contribution is -2.40. The molecular weight excluding hydrogens is 281 g/mol. The number of benzene rings is 1. The van der Waals surface area contributed by atoms with Gasteiger partial charge in [-0.3, -0.25) is 4.79 Å². The lowest BCUT2D eigenvalue weighted by Gasteiger charge is -2.13. The van der Waals surface area contributed by atoms with Crippen LogP contribution in [-0.4, -0.2) is 35.6 Å². The highest BCUT2D eigenvalue weighted by molar-refractivity contribution is 6.00. The summed E-state index contributed by atoms with van der Waals surface area (Å²) in [6, 6.07) is 2.31. The molecule has 0 aromatic heterocycles. The van der Waals surface area contributed by atoms with Gasteiger partial charge >= 0.3 is 12.0 Å². The van der Waals surface area contributed by atoms with Gasteiger partial charge in [0.1, 0.15) is 5.82 Å². The van der Waals surface area contributed by atoms with Gasteiger partial charge in [-0.25, -0.2) is 14.0 Å². The van der Waals surface area contributed by atoms with E-state index in [1.807, 2.05) is 0 Å². The molecule has 1 atom stereocenters. The van der Waals surface area contributed by atoms with Crippen LogP contribution >= 0.6 is 0 Å². The molecule has 1 aromatic carbocycles. The van der Waals surface area contributed by atoms with E-state index in [4.69, 9.17) is 5.11 Å². The summed E-state index contributed by atoms with van der Waals surface area (Å²) >= 11 is 0. The molecule has 7 nitrogen and oxygen atoms in total. The molecule has 1 aromatic rings. The number of carbonyl (C=O) groups is 3. The summed E-state index contributed by atoms with van der Waals surface area (Å²) in [6.07, 6.45) is 1.06. The van der Waals surface area contributed by atoms with E-state index in [-0.39, 0.29) is 29.7 Å². The lowest BCUT2D eigenvalue weighted by molar-refractivity contribution is -0.119. The third-order valence-corrected chi connectivity index (χ3v) is 3.05. The molecule has 0 spiro atoms.